The number of carbonyl (C=O) groups excluding carboxylic acids is 4. The van der Waals surface area contributed by atoms with Crippen LogP contribution in [0.4, 0.5) is 9.93 Å². The molecule has 1 aromatic carbocycles. The highest BCUT2D eigenvalue weighted by atomic mass is 32.2. The Morgan fingerprint density at radius 2 is 1.48 bits per heavy atom. The van der Waals surface area contributed by atoms with Gasteiger partial charge in [0.2, 0.25) is 17.7 Å². The number of fused-ring (bicyclic) bond motifs is 1. The van der Waals surface area contributed by atoms with Crippen LogP contribution in [0.1, 0.15) is 38.5 Å². The predicted octanol–water partition coefficient (Wildman–Crippen LogP) is 2.78. The van der Waals surface area contributed by atoms with Crippen molar-refractivity contribution in [1.82, 2.24) is 31.2 Å². The van der Waals surface area contributed by atoms with E-state index in [0.29, 0.717) is 67.8 Å². The maximum atomic E-state index is 12.8. The third-order valence-corrected chi connectivity index (χ3v) is 13.1. The van der Waals surface area contributed by atoms with E-state index in [1.54, 1.807) is 29.9 Å². The van der Waals surface area contributed by atoms with Crippen molar-refractivity contribution >= 4 is 61.8 Å². The van der Waals surface area contributed by atoms with Gasteiger partial charge in [0, 0.05) is 60.1 Å². The zero-order valence-electron chi connectivity index (χ0n) is 32.2. The molecular formula is C38H51N7O10S3. The number of urea groups is 1. The van der Waals surface area contributed by atoms with Crippen molar-refractivity contribution in [2.45, 2.75) is 60.8 Å². The van der Waals surface area contributed by atoms with E-state index in [0.717, 1.165) is 30.6 Å². The fraction of sp³-hybridized carbons (Fsp3) is 0.526. The minimum Gasteiger partial charge on any atom is -0.492 e. The van der Waals surface area contributed by atoms with Crippen molar-refractivity contribution in [3.05, 3.63) is 54.2 Å². The highest BCUT2D eigenvalue weighted by Crippen LogP contribution is 2.33. The molecule has 2 aliphatic heterocycles. The van der Waals surface area contributed by atoms with Gasteiger partial charge in [0.1, 0.15) is 12.4 Å². The number of unbranched alkanes of at least 4 members (excludes halogenated alkanes) is 1. The van der Waals surface area contributed by atoms with E-state index in [-0.39, 0.29) is 73.2 Å². The number of thioether (sulfide) groups is 1. The Kier molecular flexibility index (Phi) is 18.5. The normalized spacial score (nSPS) is 17.2. The number of anilines is 1. The molecule has 0 bridgehead atoms. The number of sulfone groups is 1. The second-order valence-electron chi connectivity index (χ2n) is 13.4. The van der Waals surface area contributed by atoms with Gasteiger partial charge >= 0.3 is 6.03 Å². The fourth-order valence-corrected chi connectivity index (χ4v) is 9.56. The molecule has 0 saturated carbocycles. The highest BCUT2D eigenvalue weighted by Gasteiger charge is 2.42. The SMILES string of the molecule is O=C(CCCC[C@H]1SC[C@H]2NC(=O)N[C@H]21)NCCOCCOCCOCCC(=O)NCCOc1ccc(S(=O)(=O)CCC(=O)Nc2nc(-c3ccncc3)cs2)cc1. The van der Waals surface area contributed by atoms with Crippen LogP contribution >= 0.6 is 23.1 Å². The monoisotopic (exact) mass is 861 g/mol. The summed E-state index contributed by atoms with van der Waals surface area (Å²) in [5.74, 6) is 0.373. The summed E-state index contributed by atoms with van der Waals surface area (Å²) in [7, 11) is -3.71. The van der Waals surface area contributed by atoms with Crippen LogP contribution in [0.3, 0.4) is 0 Å². The molecule has 0 spiro atoms. The van der Waals surface area contributed by atoms with Gasteiger partial charge in [0.25, 0.3) is 0 Å². The van der Waals surface area contributed by atoms with Gasteiger partial charge in [-0.15, -0.1) is 11.3 Å². The van der Waals surface area contributed by atoms with Gasteiger partial charge in [0.15, 0.2) is 15.0 Å². The molecular weight excluding hydrogens is 811 g/mol. The Labute approximate surface area is 346 Å². The van der Waals surface area contributed by atoms with Crippen LogP contribution in [0.2, 0.25) is 0 Å². The van der Waals surface area contributed by atoms with Crippen molar-refractivity contribution in [3.8, 4) is 17.0 Å². The molecule has 2 aliphatic rings. The van der Waals surface area contributed by atoms with Crippen LogP contribution in [0.15, 0.2) is 59.1 Å². The molecule has 316 valence electrons. The molecule has 3 aromatic rings. The Morgan fingerprint density at radius 1 is 0.793 bits per heavy atom. The van der Waals surface area contributed by atoms with E-state index in [1.807, 2.05) is 11.8 Å². The van der Waals surface area contributed by atoms with E-state index in [4.69, 9.17) is 18.9 Å². The number of hydrogen-bond donors (Lipinski definition) is 5. The molecule has 0 radical (unpaired) electrons. The van der Waals surface area contributed by atoms with Gasteiger partial charge in [-0.1, -0.05) is 6.42 Å². The van der Waals surface area contributed by atoms with E-state index in [1.165, 1.54) is 35.6 Å². The predicted molar refractivity (Wildman–Crippen MR) is 220 cm³/mol. The van der Waals surface area contributed by atoms with E-state index >= 15 is 0 Å². The molecule has 2 fully saturated rings. The molecule has 2 aromatic heterocycles. The number of nitrogens with zero attached hydrogens (tertiary/aromatic N) is 2. The number of carbonyl (C=O) groups is 4. The largest absolute Gasteiger partial charge is 0.492 e. The molecule has 2 saturated heterocycles. The third kappa shape index (κ3) is 15.4. The van der Waals surface area contributed by atoms with Crippen molar-refractivity contribution in [2.75, 3.05) is 76.2 Å². The first kappa shape index (κ1) is 44.8. The number of ether oxygens (including phenoxy) is 4. The molecule has 0 aliphatic carbocycles. The molecule has 5 rings (SSSR count). The molecule has 3 atom stereocenters. The van der Waals surface area contributed by atoms with Gasteiger partial charge in [-0.25, -0.2) is 18.2 Å². The molecule has 0 unspecified atom stereocenters. The average molecular weight is 862 g/mol. The maximum absolute atomic E-state index is 12.8. The molecule has 20 heteroatoms. The van der Waals surface area contributed by atoms with E-state index < -0.39 is 15.7 Å². The second-order valence-corrected chi connectivity index (χ2v) is 17.6. The number of benzene rings is 1. The highest BCUT2D eigenvalue weighted by molar-refractivity contribution is 8.00. The van der Waals surface area contributed by atoms with Crippen LogP contribution in [0.25, 0.3) is 11.3 Å². The van der Waals surface area contributed by atoms with Crippen LogP contribution in [0, 0.1) is 0 Å². The van der Waals surface area contributed by atoms with Gasteiger partial charge in [-0.3, -0.25) is 19.4 Å². The van der Waals surface area contributed by atoms with Crippen LogP contribution in [-0.4, -0.2) is 130 Å². The Morgan fingerprint density at radius 3 is 2.24 bits per heavy atom. The number of pyridine rings is 1. The fourth-order valence-electron chi connectivity index (χ4n) is 6.04. The summed E-state index contributed by atoms with van der Waals surface area (Å²) in [4.78, 5) is 56.5. The quantitative estimate of drug-likeness (QED) is 0.0550. The Balaban J connectivity index is 0.791. The van der Waals surface area contributed by atoms with Gasteiger partial charge in [0.05, 0.1) is 74.6 Å². The summed E-state index contributed by atoms with van der Waals surface area (Å²) in [6.07, 6.45) is 6.46. The van der Waals surface area contributed by atoms with Gasteiger partial charge in [-0.05, 0) is 49.2 Å². The number of thiazole rings is 1. The summed E-state index contributed by atoms with van der Waals surface area (Å²) < 4.78 is 47.7. The van der Waals surface area contributed by atoms with E-state index in [9.17, 15) is 27.6 Å². The van der Waals surface area contributed by atoms with Crippen molar-refractivity contribution < 1.29 is 46.5 Å². The number of nitrogens with one attached hydrogen (secondary N) is 5. The number of rotatable bonds is 27. The van der Waals surface area contributed by atoms with Crippen LogP contribution in [0.5, 0.6) is 5.75 Å². The molecule has 4 heterocycles. The third-order valence-electron chi connectivity index (χ3n) is 9.07. The first-order valence-corrected chi connectivity index (χ1v) is 22.8. The van der Waals surface area contributed by atoms with Gasteiger partial charge < -0.3 is 45.5 Å². The smallest absolute Gasteiger partial charge is 0.315 e. The van der Waals surface area contributed by atoms with Crippen LogP contribution in [-0.2, 0) is 38.4 Å². The number of aromatic nitrogens is 2. The maximum Gasteiger partial charge on any atom is 0.315 e. The Hall–Kier alpha value is -4.34. The first-order chi connectivity index (χ1) is 28.2. The zero-order valence-corrected chi connectivity index (χ0v) is 34.6. The minimum atomic E-state index is -3.71. The average Bonchev–Trinajstić information content (AvgIpc) is 3.95. The topological polar surface area (TPSA) is 225 Å². The van der Waals surface area contributed by atoms with Crippen LogP contribution < -0.4 is 31.3 Å². The standard InChI is InChI=1S/C38H51N7O10S3/c46-33(4-2-1-3-32-36-31(26-56-32)42-37(49)45-36)40-15-18-53-21-23-54-22-20-52-17-11-34(47)41-16-19-55-28-5-7-29(8-6-28)58(50,51)24-12-35(48)44-38-43-30(25-57-38)27-9-13-39-14-10-27/h5-10,13-14,25,31-32,36H,1-4,11-12,15-24,26H2,(H,40,46)(H,41,47)(H2,42,45,49)(H,43,44,48)/t31-,32-,36-/m1/s1. The lowest BCUT2D eigenvalue weighted by Crippen LogP contribution is -2.36. The minimum absolute atomic E-state index is 0.00721. The Bertz CT molecular complexity index is 1870. The lowest BCUT2D eigenvalue weighted by molar-refractivity contribution is -0.123. The molecule has 17 nitrogen and oxygen atoms in total. The van der Waals surface area contributed by atoms with Gasteiger partial charge in [-0.2, -0.15) is 11.8 Å². The summed E-state index contributed by atoms with van der Waals surface area (Å²) in [5.41, 5.74) is 1.55. The summed E-state index contributed by atoms with van der Waals surface area (Å²) in [6, 6.07) is 9.86. The summed E-state index contributed by atoms with van der Waals surface area (Å²) in [6.45, 7) is 2.97. The summed E-state index contributed by atoms with van der Waals surface area (Å²) in [5, 5.41) is 16.8. The molecule has 5 N–H and O–H groups in total. The lowest BCUT2D eigenvalue weighted by atomic mass is 10.0. The van der Waals surface area contributed by atoms with Crippen molar-refractivity contribution in [3.63, 3.8) is 0 Å². The van der Waals surface area contributed by atoms with Crippen molar-refractivity contribution in [2.24, 2.45) is 0 Å². The number of amides is 5. The zero-order chi connectivity index (χ0) is 41.0. The molecule has 5 amide bonds. The van der Waals surface area contributed by atoms with E-state index in [2.05, 4.69) is 36.6 Å². The second kappa shape index (κ2) is 23.9. The number of hydrogen-bond acceptors (Lipinski definition) is 14. The molecule has 58 heavy (non-hydrogen) atoms. The lowest BCUT2D eigenvalue weighted by Gasteiger charge is -2.16. The summed E-state index contributed by atoms with van der Waals surface area (Å²) >= 11 is 3.13. The van der Waals surface area contributed by atoms with Crippen molar-refractivity contribution in [1.29, 1.82) is 0 Å². The first-order valence-electron chi connectivity index (χ1n) is 19.2.